The van der Waals surface area contributed by atoms with Crippen LogP contribution >= 0.6 is 11.6 Å². The molecule has 2 aliphatic heterocycles. The number of halogens is 1. The third-order valence-electron chi connectivity index (χ3n) is 6.51. The number of anilines is 1. The first-order valence-corrected chi connectivity index (χ1v) is 10.8. The number of fused-ring (bicyclic) bond motifs is 4. The monoisotopic (exact) mass is 415 g/mol. The third kappa shape index (κ3) is 3.09. The molecule has 154 valence electrons. The predicted octanol–water partition coefficient (Wildman–Crippen LogP) is 4.33. The molecule has 3 aliphatic rings. The number of carbonyl (C=O) groups excluding carboxylic acids is 1. The molecule has 0 bridgehead atoms. The first-order valence-electron chi connectivity index (χ1n) is 10.4. The molecule has 0 radical (unpaired) electrons. The summed E-state index contributed by atoms with van der Waals surface area (Å²) >= 11 is 6.64. The summed E-state index contributed by atoms with van der Waals surface area (Å²) < 4.78 is 6.19. The van der Waals surface area contributed by atoms with Crippen LogP contribution in [0.25, 0.3) is 11.0 Å². The maximum absolute atomic E-state index is 13.0. The molecule has 7 heteroatoms. The van der Waals surface area contributed by atoms with Gasteiger partial charge in [0.1, 0.15) is 5.58 Å². The van der Waals surface area contributed by atoms with Crippen molar-refractivity contribution in [3.63, 3.8) is 0 Å². The molecule has 1 amide bonds. The van der Waals surface area contributed by atoms with Gasteiger partial charge in [-0.3, -0.25) is 4.79 Å². The highest BCUT2D eigenvalue weighted by atomic mass is 35.5. The van der Waals surface area contributed by atoms with Gasteiger partial charge in [-0.2, -0.15) is 0 Å². The molecule has 2 fully saturated rings. The van der Waals surface area contributed by atoms with Crippen LogP contribution in [0.15, 0.2) is 28.9 Å². The van der Waals surface area contributed by atoms with E-state index in [0.717, 1.165) is 61.0 Å². The zero-order valence-electron chi connectivity index (χ0n) is 16.4. The predicted molar refractivity (Wildman–Crippen MR) is 113 cm³/mol. The number of aliphatic hydroxyl groups is 1. The van der Waals surface area contributed by atoms with E-state index in [-0.39, 0.29) is 11.4 Å². The van der Waals surface area contributed by atoms with Gasteiger partial charge in [0.2, 0.25) is 0 Å². The summed E-state index contributed by atoms with van der Waals surface area (Å²) in [6.07, 6.45) is 6.45. The highest BCUT2D eigenvalue weighted by Gasteiger charge is 2.42. The molecule has 29 heavy (non-hydrogen) atoms. The molecule has 1 spiro atoms. The lowest BCUT2D eigenvalue weighted by Crippen LogP contribution is -2.48. The Labute approximate surface area is 174 Å². The van der Waals surface area contributed by atoms with Crippen molar-refractivity contribution < 1.29 is 14.3 Å². The average molecular weight is 416 g/mol. The maximum Gasteiger partial charge on any atom is 0.289 e. The molecule has 6 nitrogen and oxygen atoms in total. The fraction of sp³-hybridized carbons (Fsp3) is 0.500. The van der Waals surface area contributed by atoms with Gasteiger partial charge in [0.25, 0.3) is 5.91 Å². The SMILES string of the molecule is C=C1Nc2c(Cl)cc3cc(C(=O)N4CCCC(O)C4)oc3c2C2(CCCCC2)N1. The van der Waals surface area contributed by atoms with E-state index in [1.54, 1.807) is 11.0 Å². The van der Waals surface area contributed by atoms with Gasteiger partial charge >= 0.3 is 0 Å². The number of amides is 1. The van der Waals surface area contributed by atoms with Crippen molar-refractivity contribution in [1.29, 1.82) is 0 Å². The van der Waals surface area contributed by atoms with E-state index in [4.69, 9.17) is 16.0 Å². The number of hydrogen-bond acceptors (Lipinski definition) is 5. The average Bonchev–Trinajstić information content (AvgIpc) is 3.11. The number of benzene rings is 1. The van der Waals surface area contributed by atoms with Gasteiger partial charge in [0.05, 0.1) is 28.2 Å². The molecular weight excluding hydrogens is 390 g/mol. The number of nitrogens with zero attached hydrogens (tertiary/aromatic N) is 1. The molecule has 1 aromatic carbocycles. The van der Waals surface area contributed by atoms with Crippen molar-refractivity contribution >= 4 is 34.2 Å². The Kier molecular flexibility index (Phi) is 4.51. The minimum absolute atomic E-state index is 0.177. The number of furan rings is 1. The smallest absolute Gasteiger partial charge is 0.289 e. The van der Waals surface area contributed by atoms with Crippen molar-refractivity contribution in [3.05, 3.63) is 40.9 Å². The van der Waals surface area contributed by atoms with E-state index >= 15 is 0 Å². The minimum atomic E-state index is -0.468. The molecule has 1 aromatic heterocycles. The second-order valence-corrected chi connectivity index (χ2v) is 8.96. The summed E-state index contributed by atoms with van der Waals surface area (Å²) in [4.78, 5) is 14.7. The number of carbonyl (C=O) groups is 1. The largest absolute Gasteiger partial charge is 0.450 e. The van der Waals surface area contributed by atoms with Gasteiger partial charge in [-0.1, -0.05) is 37.4 Å². The number of nitrogens with one attached hydrogen (secondary N) is 2. The van der Waals surface area contributed by atoms with Crippen LogP contribution in [0, 0.1) is 0 Å². The van der Waals surface area contributed by atoms with Gasteiger partial charge in [0, 0.05) is 24.0 Å². The molecule has 1 atom stereocenters. The van der Waals surface area contributed by atoms with Crippen molar-refractivity contribution in [1.82, 2.24) is 10.2 Å². The van der Waals surface area contributed by atoms with Crippen LogP contribution in [0.2, 0.25) is 5.02 Å². The van der Waals surface area contributed by atoms with Gasteiger partial charge in [0.15, 0.2) is 5.76 Å². The lowest BCUT2D eigenvalue weighted by molar-refractivity contribution is 0.0450. The first-order chi connectivity index (χ1) is 14.0. The van der Waals surface area contributed by atoms with E-state index in [1.807, 2.05) is 6.07 Å². The number of hydrogen-bond donors (Lipinski definition) is 3. The van der Waals surface area contributed by atoms with Crippen LogP contribution in [0.1, 0.15) is 61.1 Å². The van der Waals surface area contributed by atoms with Crippen molar-refractivity contribution in [2.24, 2.45) is 0 Å². The topological polar surface area (TPSA) is 77.7 Å². The summed E-state index contributed by atoms with van der Waals surface area (Å²) in [5, 5.41) is 18.2. The Hall–Kier alpha value is -2.18. The quantitative estimate of drug-likeness (QED) is 0.646. The molecule has 1 saturated heterocycles. The number of piperidine rings is 1. The molecule has 5 rings (SSSR count). The van der Waals surface area contributed by atoms with Gasteiger partial charge in [-0.15, -0.1) is 0 Å². The fourth-order valence-corrected chi connectivity index (χ4v) is 5.45. The molecular formula is C22H26ClN3O3. The van der Waals surface area contributed by atoms with E-state index in [9.17, 15) is 9.90 Å². The molecule has 3 heterocycles. The second-order valence-electron chi connectivity index (χ2n) is 8.56. The lowest BCUT2D eigenvalue weighted by Gasteiger charge is -2.44. The highest BCUT2D eigenvalue weighted by Crippen LogP contribution is 2.49. The van der Waals surface area contributed by atoms with Crippen molar-refractivity contribution in [3.8, 4) is 0 Å². The zero-order chi connectivity index (χ0) is 20.2. The van der Waals surface area contributed by atoms with Crippen LogP contribution in [-0.2, 0) is 5.54 Å². The van der Waals surface area contributed by atoms with Crippen LogP contribution in [0.5, 0.6) is 0 Å². The fourth-order valence-electron chi connectivity index (χ4n) is 5.19. The van der Waals surface area contributed by atoms with Crippen LogP contribution in [-0.4, -0.2) is 35.1 Å². The van der Waals surface area contributed by atoms with Gasteiger partial charge < -0.3 is 25.1 Å². The summed E-state index contributed by atoms with van der Waals surface area (Å²) in [5.41, 5.74) is 2.26. The summed E-state index contributed by atoms with van der Waals surface area (Å²) in [5.74, 6) is 0.864. The van der Waals surface area contributed by atoms with E-state index < -0.39 is 6.10 Å². The number of likely N-dealkylation sites (tertiary alicyclic amines) is 1. The summed E-state index contributed by atoms with van der Waals surface area (Å²) in [6.45, 7) is 5.08. The van der Waals surface area contributed by atoms with Gasteiger partial charge in [-0.05, 0) is 37.8 Å². The summed E-state index contributed by atoms with van der Waals surface area (Å²) in [6, 6.07) is 3.63. The van der Waals surface area contributed by atoms with E-state index in [0.29, 0.717) is 29.5 Å². The van der Waals surface area contributed by atoms with E-state index in [1.165, 1.54) is 6.42 Å². The molecule has 1 unspecified atom stereocenters. The Bertz CT molecular complexity index is 993. The Morgan fingerprint density at radius 1 is 1.28 bits per heavy atom. The number of rotatable bonds is 1. The number of aliphatic hydroxyl groups excluding tert-OH is 1. The zero-order valence-corrected chi connectivity index (χ0v) is 17.1. The third-order valence-corrected chi connectivity index (χ3v) is 6.80. The van der Waals surface area contributed by atoms with E-state index in [2.05, 4.69) is 17.2 Å². The molecule has 3 N–H and O–H groups in total. The van der Waals surface area contributed by atoms with Crippen molar-refractivity contribution in [2.45, 2.75) is 56.6 Å². The first kappa shape index (κ1) is 18.8. The van der Waals surface area contributed by atoms with Crippen LogP contribution < -0.4 is 10.6 Å². The Morgan fingerprint density at radius 2 is 2.07 bits per heavy atom. The standard InChI is InChI=1S/C22H26ClN3O3/c1-13-24-19-16(23)10-14-11-17(21(28)26-9-5-6-15(27)12-26)29-20(14)18(19)22(25-13)7-3-2-4-8-22/h10-11,15,24-25,27H,1-9,12H2. The molecule has 1 saturated carbocycles. The Balaban J connectivity index is 1.62. The summed E-state index contributed by atoms with van der Waals surface area (Å²) in [7, 11) is 0. The van der Waals surface area contributed by atoms with Crippen LogP contribution in [0.3, 0.4) is 0 Å². The second kappa shape index (κ2) is 6.96. The maximum atomic E-state index is 13.0. The van der Waals surface area contributed by atoms with Crippen molar-refractivity contribution in [2.75, 3.05) is 18.4 Å². The Morgan fingerprint density at radius 3 is 2.83 bits per heavy atom. The number of β-amino-alcohol motifs (C(OH)–C–C–N with tert-alkyl or cyclic N) is 1. The molecule has 2 aromatic rings. The normalized spacial score (nSPS) is 23.6. The lowest BCUT2D eigenvalue weighted by atomic mass is 9.74. The van der Waals surface area contributed by atoms with Gasteiger partial charge in [-0.25, -0.2) is 0 Å². The molecule has 1 aliphatic carbocycles. The highest BCUT2D eigenvalue weighted by molar-refractivity contribution is 6.34. The minimum Gasteiger partial charge on any atom is -0.450 e. The van der Waals surface area contributed by atoms with Crippen LogP contribution in [0.4, 0.5) is 5.69 Å².